The van der Waals surface area contributed by atoms with Gasteiger partial charge in [-0.15, -0.1) is 0 Å². The van der Waals surface area contributed by atoms with E-state index in [0.717, 1.165) is 27.6 Å². The maximum atomic E-state index is 5.28. The zero-order valence-corrected chi connectivity index (χ0v) is 25.8. The average molecular weight is 611 g/mol. The zero-order chi connectivity index (χ0) is 31.3. The fourth-order valence-corrected chi connectivity index (χ4v) is 7.99. The molecule has 48 heavy (non-hydrogen) atoms. The van der Waals surface area contributed by atoms with Gasteiger partial charge in [-0.2, -0.15) is 0 Å². The van der Waals surface area contributed by atoms with E-state index in [9.17, 15) is 0 Å². The molecule has 7 aromatic carbocycles. The Morgan fingerprint density at radius 1 is 0.375 bits per heavy atom. The smallest absolute Gasteiger partial charge is 0.235 e. The van der Waals surface area contributed by atoms with Crippen LogP contribution >= 0.6 is 0 Å². The topological polar surface area (TPSA) is 35.6 Å². The van der Waals surface area contributed by atoms with Crippen LogP contribution in [-0.4, -0.2) is 19.1 Å². The maximum Gasteiger partial charge on any atom is 0.235 e. The molecule has 3 aromatic heterocycles. The summed E-state index contributed by atoms with van der Waals surface area (Å²) in [6.45, 7) is 0. The van der Waals surface area contributed by atoms with Crippen molar-refractivity contribution in [2.24, 2.45) is 0 Å². The first-order chi connectivity index (χ1) is 23.8. The van der Waals surface area contributed by atoms with Gasteiger partial charge in [0, 0.05) is 38.2 Å². The van der Waals surface area contributed by atoms with E-state index in [-0.39, 0.29) is 0 Å². The molecular weight excluding hydrogens is 585 g/mol. The molecule has 3 heterocycles. The largest absolute Gasteiger partial charge is 0.309 e. The zero-order valence-electron chi connectivity index (χ0n) is 25.8. The molecular formula is C44H26N4. The van der Waals surface area contributed by atoms with E-state index < -0.39 is 0 Å². The molecule has 0 fully saturated rings. The molecule has 0 unspecified atom stereocenters. The Morgan fingerprint density at radius 3 is 1.67 bits per heavy atom. The van der Waals surface area contributed by atoms with Gasteiger partial charge < -0.3 is 4.57 Å². The van der Waals surface area contributed by atoms with Gasteiger partial charge in [-0.05, 0) is 76.9 Å². The van der Waals surface area contributed by atoms with Crippen LogP contribution in [0, 0.1) is 0 Å². The SMILES string of the molecule is c1ccc(-n2c3ccccc3c3cc(-c4ccc5c(c4)c4ccccc4n5-c4nc5c6c(cccc6n4)-c4ccccc4-5)ccc32)cc1. The van der Waals surface area contributed by atoms with Crippen LogP contribution in [0.25, 0.3) is 99.7 Å². The fourth-order valence-electron chi connectivity index (χ4n) is 7.99. The predicted octanol–water partition coefficient (Wildman–Crippen LogP) is 11.1. The van der Waals surface area contributed by atoms with Gasteiger partial charge in [0.25, 0.3) is 0 Å². The summed E-state index contributed by atoms with van der Waals surface area (Å²) in [7, 11) is 0. The Hall–Kier alpha value is -6.52. The minimum absolute atomic E-state index is 0.695. The van der Waals surface area contributed by atoms with E-state index in [2.05, 4.69) is 167 Å². The van der Waals surface area contributed by atoms with Gasteiger partial charge >= 0.3 is 0 Å². The number of benzene rings is 7. The quantitative estimate of drug-likeness (QED) is 0.199. The molecule has 4 nitrogen and oxygen atoms in total. The van der Waals surface area contributed by atoms with Gasteiger partial charge in [0.1, 0.15) is 0 Å². The van der Waals surface area contributed by atoms with Gasteiger partial charge in [-0.3, -0.25) is 4.57 Å². The molecule has 222 valence electrons. The fraction of sp³-hybridized carbons (Fsp3) is 0. The lowest BCUT2D eigenvalue weighted by molar-refractivity contribution is 1.02. The summed E-state index contributed by atoms with van der Waals surface area (Å²) in [4.78, 5) is 10.5. The minimum atomic E-state index is 0.695. The third-order valence-corrected chi connectivity index (χ3v) is 10.1. The van der Waals surface area contributed by atoms with Crippen molar-refractivity contribution in [1.29, 1.82) is 0 Å². The molecule has 0 bridgehead atoms. The van der Waals surface area contributed by atoms with Crippen molar-refractivity contribution in [2.75, 3.05) is 0 Å². The minimum Gasteiger partial charge on any atom is -0.309 e. The predicted molar refractivity (Wildman–Crippen MR) is 198 cm³/mol. The lowest BCUT2D eigenvalue weighted by Crippen LogP contribution is -2.02. The van der Waals surface area contributed by atoms with E-state index >= 15 is 0 Å². The molecule has 0 spiro atoms. The molecule has 0 amide bonds. The Kier molecular flexibility index (Phi) is 5.08. The number of hydrogen-bond donors (Lipinski definition) is 0. The molecule has 0 aliphatic heterocycles. The van der Waals surface area contributed by atoms with E-state index in [1.165, 1.54) is 66.1 Å². The van der Waals surface area contributed by atoms with Crippen LogP contribution in [-0.2, 0) is 0 Å². The highest BCUT2D eigenvalue weighted by Crippen LogP contribution is 2.46. The van der Waals surface area contributed by atoms with Gasteiger partial charge in [-0.1, -0.05) is 103 Å². The van der Waals surface area contributed by atoms with Crippen molar-refractivity contribution in [3.8, 4) is 45.1 Å². The number of aromatic nitrogens is 4. The maximum absolute atomic E-state index is 5.28. The summed E-state index contributed by atoms with van der Waals surface area (Å²) < 4.78 is 4.59. The van der Waals surface area contributed by atoms with E-state index in [4.69, 9.17) is 9.97 Å². The second-order valence-electron chi connectivity index (χ2n) is 12.6. The lowest BCUT2D eigenvalue weighted by Gasteiger charge is -2.10. The standard InChI is InChI=1S/C44H26N4/c1-2-11-29(12-3-1)47-38-19-8-6-14-31(38)35-25-27(21-23-40(35)47)28-22-24-41-36(26-28)32-15-7-9-20-39(32)48(41)44-45-37-18-10-17-33-30-13-4-5-16-34(30)43(46-44)42(33)37/h1-26H. The van der Waals surface area contributed by atoms with E-state index in [1.54, 1.807) is 0 Å². The number of fused-ring (bicyclic) bond motifs is 9. The third-order valence-electron chi connectivity index (χ3n) is 10.1. The number of para-hydroxylation sites is 3. The first-order valence-corrected chi connectivity index (χ1v) is 16.3. The summed E-state index contributed by atoms with van der Waals surface area (Å²) in [6.07, 6.45) is 0. The van der Waals surface area contributed by atoms with Crippen LogP contribution in [0.3, 0.4) is 0 Å². The Bertz CT molecular complexity index is 2950. The second kappa shape index (κ2) is 9.50. The molecule has 0 atom stereocenters. The van der Waals surface area contributed by atoms with Crippen LogP contribution in [0.4, 0.5) is 0 Å². The number of rotatable bonds is 3. The lowest BCUT2D eigenvalue weighted by atomic mass is 10.0. The van der Waals surface area contributed by atoms with Crippen molar-refractivity contribution in [2.45, 2.75) is 0 Å². The van der Waals surface area contributed by atoms with Crippen molar-refractivity contribution in [3.63, 3.8) is 0 Å². The Labute approximate surface area is 275 Å². The van der Waals surface area contributed by atoms with Crippen molar-refractivity contribution in [3.05, 3.63) is 158 Å². The molecule has 11 rings (SSSR count). The van der Waals surface area contributed by atoms with Crippen LogP contribution < -0.4 is 0 Å². The van der Waals surface area contributed by atoms with Gasteiger partial charge in [-0.25, -0.2) is 9.97 Å². The molecule has 0 saturated heterocycles. The Balaban J connectivity index is 1.12. The van der Waals surface area contributed by atoms with Crippen LogP contribution in [0.15, 0.2) is 158 Å². The third kappa shape index (κ3) is 3.43. The number of nitrogens with zero attached hydrogens (tertiary/aromatic N) is 4. The normalized spacial score (nSPS) is 12.2. The molecule has 10 aromatic rings. The van der Waals surface area contributed by atoms with Gasteiger partial charge in [0.2, 0.25) is 5.95 Å². The van der Waals surface area contributed by atoms with Gasteiger partial charge in [0.15, 0.2) is 0 Å². The summed E-state index contributed by atoms with van der Waals surface area (Å²) in [5, 5.41) is 6.00. The van der Waals surface area contributed by atoms with Crippen molar-refractivity contribution >= 4 is 54.5 Å². The summed E-state index contributed by atoms with van der Waals surface area (Å²) in [5.74, 6) is 0.695. The monoisotopic (exact) mass is 610 g/mol. The van der Waals surface area contributed by atoms with Crippen molar-refractivity contribution < 1.29 is 0 Å². The first kappa shape index (κ1) is 25.6. The van der Waals surface area contributed by atoms with E-state index in [1.807, 2.05) is 0 Å². The number of hydrogen-bond acceptors (Lipinski definition) is 2. The molecule has 4 heteroatoms. The Morgan fingerprint density at radius 2 is 0.938 bits per heavy atom. The molecule has 1 aliphatic rings. The van der Waals surface area contributed by atoms with E-state index in [0.29, 0.717) is 5.95 Å². The second-order valence-corrected chi connectivity index (χ2v) is 12.6. The average Bonchev–Trinajstić information content (AvgIpc) is 3.78. The van der Waals surface area contributed by atoms with Gasteiger partial charge in [0.05, 0.1) is 33.3 Å². The molecule has 0 N–H and O–H groups in total. The van der Waals surface area contributed by atoms with Crippen molar-refractivity contribution in [1.82, 2.24) is 19.1 Å². The van der Waals surface area contributed by atoms with Crippen LogP contribution in [0.2, 0.25) is 0 Å². The van der Waals surface area contributed by atoms with Crippen LogP contribution in [0.1, 0.15) is 0 Å². The van der Waals surface area contributed by atoms with Crippen LogP contribution in [0.5, 0.6) is 0 Å². The first-order valence-electron chi connectivity index (χ1n) is 16.3. The highest BCUT2D eigenvalue weighted by Gasteiger charge is 2.25. The molecule has 0 saturated carbocycles. The highest BCUT2D eigenvalue weighted by molar-refractivity contribution is 6.15. The highest BCUT2D eigenvalue weighted by atomic mass is 15.2. The molecule has 1 aliphatic carbocycles. The molecule has 0 radical (unpaired) electrons. The summed E-state index contributed by atoms with van der Waals surface area (Å²) in [5.41, 5.74) is 13.7. The summed E-state index contributed by atoms with van der Waals surface area (Å²) in [6, 6.07) is 56.5. The summed E-state index contributed by atoms with van der Waals surface area (Å²) >= 11 is 0.